The minimum atomic E-state index is -3.69. The van der Waals surface area contributed by atoms with Crippen LogP contribution in [0.25, 0.3) is 0 Å². The van der Waals surface area contributed by atoms with E-state index in [1.165, 1.54) is 16.4 Å². The summed E-state index contributed by atoms with van der Waals surface area (Å²) in [6.45, 7) is 4.21. The van der Waals surface area contributed by atoms with Crippen LogP contribution in [0.2, 0.25) is 0 Å². The molecule has 0 radical (unpaired) electrons. The van der Waals surface area contributed by atoms with Gasteiger partial charge in [0.2, 0.25) is 15.9 Å². The number of benzene rings is 2. The third-order valence-electron chi connectivity index (χ3n) is 5.94. The summed E-state index contributed by atoms with van der Waals surface area (Å²) in [5, 5.41) is 0. The first kappa shape index (κ1) is 22.8. The summed E-state index contributed by atoms with van der Waals surface area (Å²) >= 11 is 0. The van der Waals surface area contributed by atoms with Crippen molar-refractivity contribution in [3.63, 3.8) is 0 Å². The molecule has 2 aromatic carbocycles. The fourth-order valence-electron chi connectivity index (χ4n) is 4.13. The zero-order chi connectivity index (χ0) is 22.6. The van der Waals surface area contributed by atoms with Gasteiger partial charge in [-0.1, -0.05) is 30.3 Å². The molecule has 1 atom stereocenters. The molecule has 2 fully saturated rings. The quantitative estimate of drug-likeness (QED) is 0.654. The molecule has 2 saturated heterocycles. The monoisotopic (exact) mass is 461 g/mol. The van der Waals surface area contributed by atoms with E-state index in [1.807, 2.05) is 35.2 Å². The molecule has 2 aliphatic rings. The predicted octanol–water partition coefficient (Wildman–Crippen LogP) is 1.60. The second-order valence-corrected chi connectivity index (χ2v) is 10.1. The summed E-state index contributed by atoms with van der Waals surface area (Å²) < 4.78 is 46.2. The van der Waals surface area contributed by atoms with Gasteiger partial charge in [-0.15, -0.1) is 0 Å². The average molecular weight is 462 g/mol. The number of nitrogens with zero attached hydrogens (tertiary/aromatic N) is 3. The molecule has 172 valence electrons. The van der Waals surface area contributed by atoms with Crippen molar-refractivity contribution in [2.75, 3.05) is 52.4 Å². The summed E-state index contributed by atoms with van der Waals surface area (Å²) in [5.41, 5.74) is 1.01. The van der Waals surface area contributed by atoms with E-state index in [2.05, 4.69) is 4.90 Å². The molecular formula is C23H28FN3O4S. The van der Waals surface area contributed by atoms with Gasteiger partial charge in [0.15, 0.2) is 0 Å². The highest BCUT2D eigenvalue weighted by atomic mass is 32.2. The summed E-state index contributed by atoms with van der Waals surface area (Å²) in [6.07, 6.45) is 0.161. The highest BCUT2D eigenvalue weighted by molar-refractivity contribution is 7.89. The van der Waals surface area contributed by atoms with Crippen molar-refractivity contribution in [1.82, 2.24) is 14.1 Å². The smallest absolute Gasteiger partial charge is 0.243 e. The van der Waals surface area contributed by atoms with Gasteiger partial charge in [0.05, 0.1) is 24.0 Å². The fraction of sp³-hybridized carbons (Fsp3) is 0.435. The van der Waals surface area contributed by atoms with Crippen LogP contribution in [0.1, 0.15) is 5.56 Å². The zero-order valence-corrected chi connectivity index (χ0v) is 18.7. The molecule has 0 N–H and O–H groups in total. The van der Waals surface area contributed by atoms with Crippen LogP contribution in [-0.4, -0.2) is 87.0 Å². The number of amides is 1. The first-order valence-electron chi connectivity index (χ1n) is 10.8. The highest BCUT2D eigenvalue weighted by Crippen LogP contribution is 2.20. The van der Waals surface area contributed by atoms with Gasteiger partial charge in [0.1, 0.15) is 5.82 Å². The van der Waals surface area contributed by atoms with Gasteiger partial charge in [-0.05, 0) is 29.8 Å². The molecule has 2 aliphatic heterocycles. The fourth-order valence-corrected chi connectivity index (χ4v) is 5.58. The maximum Gasteiger partial charge on any atom is 0.243 e. The van der Waals surface area contributed by atoms with E-state index in [0.717, 1.165) is 30.8 Å². The van der Waals surface area contributed by atoms with Gasteiger partial charge in [0.25, 0.3) is 0 Å². The Morgan fingerprint density at radius 2 is 1.66 bits per heavy atom. The molecule has 9 heteroatoms. The number of hydrogen-bond donors (Lipinski definition) is 0. The number of morpholine rings is 1. The number of halogens is 1. The maximum absolute atomic E-state index is 13.2. The van der Waals surface area contributed by atoms with Crippen LogP contribution in [0.4, 0.5) is 4.39 Å². The third kappa shape index (κ3) is 5.53. The van der Waals surface area contributed by atoms with E-state index in [9.17, 15) is 17.6 Å². The highest BCUT2D eigenvalue weighted by Gasteiger charge is 2.32. The van der Waals surface area contributed by atoms with Crippen molar-refractivity contribution in [3.8, 4) is 0 Å². The molecule has 4 rings (SSSR count). The topological polar surface area (TPSA) is 70.2 Å². The third-order valence-corrected chi connectivity index (χ3v) is 7.82. The van der Waals surface area contributed by atoms with Gasteiger partial charge >= 0.3 is 0 Å². The average Bonchev–Trinajstić information content (AvgIpc) is 2.81. The van der Waals surface area contributed by atoms with Gasteiger partial charge in [-0.25, -0.2) is 12.8 Å². The minimum absolute atomic E-state index is 0.0880. The van der Waals surface area contributed by atoms with Gasteiger partial charge < -0.3 is 9.64 Å². The van der Waals surface area contributed by atoms with Crippen molar-refractivity contribution < 1.29 is 22.3 Å². The normalized spacial score (nSPS) is 20.9. The Morgan fingerprint density at radius 1 is 0.969 bits per heavy atom. The Hall–Kier alpha value is -2.33. The second kappa shape index (κ2) is 10.1. The molecule has 1 unspecified atom stereocenters. The Labute approximate surface area is 188 Å². The number of sulfonamides is 1. The number of hydrogen-bond acceptors (Lipinski definition) is 5. The van der Waals surface area contributed by atoms with E-state index in [-0.39, 0.29) is 30.0 Å². The summed E-state index contributed by atoms with van der Waals surface area (Å²) in [5.74, 6) is -0.341. The van der Waals surface area contributed by atoms with Crippen LogP contribution >= 0.6 is 0 Å². The zero-order valence-electron chi connectivity index (χ0n) is 17.9. The molecule has 2 aromatic rings. The van der Waals surface area contributed by atoms with E-state index in [4.69, 9.17) is 4.74 Å². The lowest BCUT2D eigenvalue weighted by molar-refractivity contribution is -0.132. The molecule has 7 nitrogen and oxygen atoms in total. The second-order valence-electron chi connectivity index (χ2n) is 8.15. The Balaban J connectivity index is 1.28. The number of rotatable bonds is 6. The number of ether oxygens (including phenoxy) is 1. The Morgan fingerprint density at radius 3 is 2.34 bits per heavy atom. The van der Waals surface area contributed by atoms with E-state index >= 15 is 0 Å². The lowest BCUT2D eigenvalue weighted by Gasteiger charge is -2.39. The molecular weight excluding hydrogens is 433 g/mol. The largest absolute Gasteiger partial charge is 0.374 e. The summed E-state index contributed by atoms with van der Waals surface area (Å²) in [7, 11) is -3.69. The van der Waals surface area contributed by atoms with E-state index in [0.29, 0.717) is 32.7 Å². The minimum Gasteiger partial charge on any atom is -0.374 e. The van der Waals surface area contributed by atoms with Crippen LogP contribution in [-0.2, 0) is 26.0 Å². The molecule has 0 aromatic heterocycles. The first-order valence-corrected chi connectivity index (χ1v) is 12.3. The number of carbonyl (C=O) groups excluding carboxylic acids is 1. The molecule has 32 heavy (non-hydrogen) atoms. The molecule has 2 heterocycles. The lowest BCUT2D eigenvalue weighted by Crippen LogP contribution is -2.54. The van der Waals surface area contributed by atoms with Crippen LogP contribution in [0, 0.1) is 5.82 Å². The van der Waals surface area contributed by atoms with E-state index in [1.54, 1.807) is 0 Å². The van der Waals surface area contributed by atoms with Crippen molar-refractivity contribution in [2.45, 2.75) is 17.4 Å². The Kier molecular flexibility index (Phi) is 7.20. The lowest BCUT2D eigenvalue weighted by atomic mass is 10.1. The SMILES string of the molecule is O=C(Cc1ccccc1)N1CCN(CC2CN(S(=O)(=O)c3ccc(F)cc3)CCO2)CC1. The van der Waals surface area contributed by atoms with Gasteiger partial charge in [-0.3, -0.25) is 9.69 Å². The Bertz CT molecular complexity index is 1010. The van der Waals surface area contributed by atoms with Crippen LogP contribution in [0.15, 0.2) is 59.5 Å². The van der Waals surface area contributed by atoms with Gasteiger partial charge in [-0.2, -0.15) is 4.31 Å². The standard InChI is InChI=1S/C23H28FN3O4S/c24-20-6-8-22(9-7-20)32(29,30)27-14-15-31-21(18-27)17-25-10-12-26(13-11-25)23(28)16-19-4-2-1-3-5-19/h1-9,21H,10-18H2. The molecule has 0 bridgehead atoms. The van der Waals surface area contributed by atoms with Crippen LogP contribution < -0.4 is 0 Å². The van der Waals surface area contributed by atoms with Crippen LogP contribution in [0.5, 0.6) is 0 Å². The summed E-state index contributed by atoms with van der Waals surface area (Å²) in [6, 6.07) is 14.6. The molecule has 0 saturated carbocycles. The van der Waals surface area contributed by atoms with E-state index < -0.39 is 15.8 Å². The predicted molar refractivity (Wildman–Crippen MR) is 118 cm³/mol. The number of piperazine rings is 1. The molecule has 0 aliphatic carbocycles. The van der Waals surface area contributed by atoms with Crippen molar-refractivity contribution in [1.29, 1.82) is 0 Å². The number of carbonyl (C=O) groups is 1. The van der Waals surface area contributed by atoms with Crippen molar-refractivity contribution in [2.24, 2.45) is 0 Å². The summed E-state index contributed by atoms with van der Waals surface area (Å²) in [4.78, 5) is 16.7. The van der Waals surface area contributed by atoms with Gasteiger partial charge in [0, 0.05) is 45.8 Å². The van der Waals surface area contributed by atoms with Crippen LogP contribution in [0.3, 0.4) is 0 Å². The first-order chi connectivity index (χ1) is 15.4. The molecule has 0 spiro atoms. The molecule has 1 amide bonds. The van der Waals surface area contributed by atoms with Crippen molar-refractivity contribution >= 4 is 15.9 Å². The maximum atomic E-state index is 13.2. The van der Waals surface area contributed by atoms with Crippen molar-refractivity contribution in [3.05, 3.63) is 66.0 Å².